The minimum absolute atomic E-state index is 0.106. The Kier molecular flexibility index (Phi) is 7.29. The van der Waals surface area contributed by atoms with Crippen LogP contribution in [0.2, 0.25) is 0 Å². The quantitative estimate of drug-likeness (QED) is 0.510. The number of halogens is 3. The summed E-state index contributed by atoms with van der Waals surface area (Å²) in [5, 5.41) is 8.09. The van der Waals surface area contributed by atoms with Gasteiger partial charge in [0.25, 0.3) is 5.91 Å². The molecule has 0 radical (unpaired) electrons. The number of likely N-dealkylation sites (tertiary alicyclic amines) is 1. The van der Waals surface area contributed by atoms with Crippen molar-refractivity contribution in [2.45, 2.75) is 24.0 Å². The van der Waals surface area contributed by atoms with Crippen molar-refractivity contribution in [3.05, 3.63) is 66.1 Å². The lowest BCUT2D eigenvalue weighted by Gasteiger charge is -2.49. The number of aromatic nitrogens is 2. The number of rotatable bonds is 5. The fourth-order valence-corrected chi connectivity index (χ4v) is 7.01. The normalized spacial score (nSPS) is 19.8. The van der Waals surface area contributed by atoms with Crippen molar-refractivity contribution in [2.24, 2.45) is 5.92 Å². The molecule has 2 aromatic heterocycles. The molecule has 2 saturated heterocycles. The third-order valence-electron chi connectivity index (χ3n) is 6.62. The van der Waals surface area contributed by atoms with Crippen LogP contribution in [0.3, 0.4) is 0 Å². The van der Waals surface area contributed by atoms with Crippen LogP contribution in [0.25, 0.3) is 10.9 Å². The van der Waals surface area contributed by atoms with Gasteiger partial charge in [0.2, 0.25) is 0 Å². The number of ether oxygens (including phenoxy) is 1. The summed E-state index contributed by atoms with van der Waals surface area (Å²) in [7, 11) is -3.26. The number of aliphatic carboxylic acids is 1. The fourth-order valence-electron chi connectivity index (χ4n) is 4.61. The zero-order valence-electron chi connectivity index (χ0n) is 19.4. The van der Waals surface area contributed by atoms with Gasteiger partial charge in [-0.1, -0.05) is 24.3 Å². The van der Waals surface area contributed by atoms with Crippen LogP contribution < -0.4 is 0 Å². The second-order valence-corrected chi connectivity index (χ2v) is 11.4. The molecule has 2 fully saturated rings. The maximum Gasteiger partial charge on any atom is 0.490 e. The predicted octanol–water partition coefficient (Wildman–Crippen LogP) is 3.04. The molecule has 37 heavy (non-hydrogen) atoms. The van der Waals surface area contributed by atoms with Crippen LogP contribution >= 0.6 is 0 Å². The number of nitrogens with zero attached hydrogens (tertiary/aromatic N) is 2. The number of alkyl halides is 3. The number of carboxylic acids is 1. The molecule has 0 aliphatic carbocycles. The summed E-state index contributed by atoms with van der Waals surface area (Å²) in [4.78, 5) is 30.6. The van der Waals surface area contributed by atoms with Crippen LogP contribution in [-0.2, 0) is 26.0 Å². The van der Waals surface area contributed by atoms with Gasteiger partial charge in [-0.15, -0.1) is 0 Å². The third kappa shape index (κ3) is 5.47. The number of carbonyl (C=O) groups excluding carboxylic acids is 1. The molecule has 5 rings (SSSR count). The van der Waals surface area contributed by atoms with E-state index in [2.05, 4.69) is 9.97 Å². The van der Waals surface area contributed by atoms with Crippen molar-refractivity contribution in [3.63, 3.8) is 0 Å². The summed E-state index contributed by atoms with van der Waals surface area (Å²) in [6.45, 7) is 1.22. The molecule has 9 nitrogen and oxygen atoms in total. The molecule has 198 valence electrons. The van der Waals surface area contributed by atoms with Crippen molar-refractivity contribution in [2.75, 3.05) is 25.4 Å². The zero-order chi connectivity index (χ0) is 26.8. The second-order valence-electron chi connectivity index (χ2n) is 8.98. The lowest BCUT2D eigenvalue weighted by Crippen LogP contribution is -2.68. The first-order valence-electron chi connectivity index (χ1n) is 11.3. The largest absolute Gasteiger partial charge is 0.490 e. The van der Waals surface area contributed by atoms with Crippen molar-refractivity contribution >= 4 is 32.6 Å². The number of para-hydroxylation sites is 1. The van der Waals surface area contributed by atoms with E-state index in [9.17, 15) is 26.4 Å². The number of fused-ring (bicyclic) bond motifs is 1. The predicted molar refractivity (Wildman–Crippen MR) is 126 cm³/mol. The number of amides is 1. The van der Waals surface area contributed by atoms with Crippen LogP contribution in [0.4, 0.5) is 13.2 Å². The number of carboxylic acid groups (broad SMARTS) is 1. The Morgan fingerprint density at radius 2 is 1.89 bits per heavy atom. The highest BCUT2D eigenvalue weighted by Crippen LogP contribution is 2.45. The van der Waals surface area contributed by atoms with Gasteiger partial charge in [-0.2, -0.15) is 13.2 Å². The van der Waals surface area contributed by atoms with E-state index in [0.717, 1.165) is 16.5 Å². The molecular formula is C24H24F3N3O6S. The van der Waals surface area contributed by atoms with Crippen LogP contribution in [0, 0.1) is 5.92 Å². The summed E-state index contributed by atoms with van der Waals surface area (Å²) >= 11 is 0. The van der Waals surface area contributed by atoms with Crippen molar-refractivity contribution in [3.8, 4) is 0 Å². The minimum atomic E-state index is -5.08. The lowest BCUT2D eigenvalue weighted by molar-refractivity contribution is -0.192. The molecule has 1 aromatic carbocycles. The zero-order valence-corrected chi connectivity index (χ0v) is 20.3. The van der Waals surface area contributed by atoms with Gasteiger partial charge in [0.05, 0.1) is 19.0 Å². The summed E-state index contributed by atoms with van der Waals surface area (Å²) in [5.41, 5.74) is 2.34. The van der Waals surface area contributed by atoms with Gasteiger partial charge in [-0.3, -0.25) is 9.78 Å². The SMILES string of the molecule is O=C(O)C(F)(F)F.O=C(c1cc2ccccc2[nH]1)N1CC2(C1)C(COCc1cccnc1)CCS2(=O)=O. The average Bonchev–Trinajstić information content (AvgIpc) is 3.36. The number of benzene rings is 1. The van der Waals surface area contributed by atoms with Gasteiger partial charge in [-0.05, 0) is 30.2 Å². The van der Waals surface area contributed by atoms with Crippen LogP contribution in [0.5, 0.6) is 0 Å². The highest BCUT2D eigenvalue weighted by Gasteiger charge is 2.62. The number of sulfone groups is 1. The number of nitrogens with one attached hydrogen (secondary N) is 1. The van der Waals surface area contributed by atoms with Gasteiger partial charge < -0.3 is 19.7 Å². The summed E-state index contributed by atoms with van der Waals surface area (Å²) in [6, 6.07) is 13.3. The number of aromatic amines is 1. The first-order chi connectivity index (χ1) is 17.4. The number of carbonyl (C=O) groups is 2. The van der Waals surface area contributed by atoms with E-state index in [1.807, 2.05) is 42.5 Å². The van der Waals surface area contributed by atoms with Crippen LogP contribution in [0.1, 0.15) is 22.5 Å². The van der Waals surface area contributed by atoms with Gasteiger partial charge >= 0.3 is 12.1 Å². The Morgan fingerprint density at radius 3 is 2.51 bits per heavy atom. The minimum Gasteiger partial charge on any atom is -0.475 e. The van der Waals surface area contributed by atoms with E-state index in [1.165, 1.54) is 0 Å². The number of hydrogen-bond acceptors (Lipinski definition) is 6. The monoisotopic (exact) mass is 539 g/mol. The lowest BCUT2D eigenvalue weighted by atomic mass is 9.83. The Balaban J connectivity index is 0.000000405. The Bertz CT molecular complexity index is 1350. The molecule has 2 aliphatic heterocycles. The highest BCUT2D eigenvalue weighted by atomic mass is 32.2. The smallest absolute Gasteiger partial charge is 0.475 e. The second kappa shape index (κ2) is 10.1. The van der Waals surface area contributed by atoms with Gasteiger partial charge in [-0.25, -0.2) is 13.2 Å². The molecule has 13 heteroatoms. The van der Waals surface area contributed by atoms with E-state index < -0.39 is 26.7 Å². The first-order valence-corrected chi connectivity index (χ1v) is 12.9. The molecule has 3 aromatic rings. The number of H-pyrrole nitrogens is 1. The van der Waals surface area contributed by atoms with Crippen LogP contribution in [-0.4, -0.2) is 76.6 Å². The summed E-state index contributed by atoms with van der Waals surface area (Å²) in [6.07, 6.45) is -1.07. The van der Waals surface area contributed by atoms with E-state index in [4.69, 9.17) is 14.6 Å². The molecule has 1 unspecified atom stereocenters. The van der Waals surface area contributed by atoms with E-state index in [0.29, 0.717) is 25.3 Å². The Hall–Kier alpha value is -3.45. The Morgan fingerprint density at radius 1 is 1.19 bits per heavy atom. The molecule has 2 N–H and O–H groups in total. The van der Waals surface area contributed by atoms with E-state index in [-0.39, 0.29) is 30.7 Å². The van der Waals surface area contributed by atoms with Crippen LogP contribution in [0.15, 0.2) is 54.9 Å². The van der Waals surface area contributed by atoms with Gasteiger partial charge in [0.1, 0.15) is 10.4 Å². The molecule has 0 saturated carbocycles. The maximum absolute atomic E-state index is 12.9. The molecule has 1 spiro atoms. The Labute approximate surface area is 210 Å². The van der Waals surface area contributed by atoms with Gasteiger partial charge in [0.15, 0.2) is 9.84 Å². The topological polar surface area (TPSA) is 130 Å². The molecule has 1 atom stereocenters. The molecule has 2 aliphatic rings. The van der Waals surface area contributed by atoms with E-state index in [1.54, 1.807) is 17.3 Å². The molecule has 0 bridgehead atoms. The summed E-state index contributed by atoms with van der Waals surface area (Å²) in [5.74, 6) is -2.87. The average molecular weight is 540 g/mol. The summed E-state index contributed by atoms with van der Waals surface area (Å²) < 4.78 is 62.4. The van der Waals surface area contributed by atoms with Gasteiger partial charge in [0, 0.05) is 42.3 Å². The molecule has 1 amide bonds. The maximum atomic E-state index is 12.9. The fraction of sp³-hybridized carbons (Fsp3) is 0.375. The number of hydrogen-bond donors (Lipinski definition) is 2. The molecule has 4 heterocycles. The highest BCUT2D eigenvalue weighted by molar-refractivity contribution is 7.93. The third-order valence-corrected chi connectivity index (χ3v) is 9.22. The molecular weight excluding hydrogens is 515 g/mol. The van der Waals surface area contributed by atoms with E-state index >= 15 is 0 Å². The standard InChI is InChI=1S/C22H23N3O4S.C2HF3O2/c26-21(20-10-17-5-1-2-6-19(17)24-20)25-14-22(15-25)18(7-9-30(22,27)28)13-29-12-16-4-3-8-23-11-16;3-2(4,5)1(6)7/h1-6,8,10-11,18,24H,7,9,12-15H2;(H,6,7). The van der Waals surface area contributed by atoms with Crippen molar-refractivity contribution < 1.29 is 41.0 Å². The first kappa shape index (κ1) is 26.6. The van der Waals surface area contributed by atoms with Crippen molar-refractivity contribution in [1.82, 2.24) is 14.9 Å². The van der Waals surface area contributed by atoms with Crippen molar-refractivity contribution in [1.29, 1.82) is 0 Å². The number of pyridine rings is 1.